The molecule has 0 saturated heterocycles. The molecule has 0 spiro atoms. The summed E-state index contributed by atoms with van der Waals surface area (Å²) in [5.74, 6) is 0.669. The Bertz CT molecular complexity index is 638. The molecule has 1 N–H and O–H groups in total. The van der Waals surface area contributed by atoms with Crippen molar-refractivity contribution in [2.45, 2.75) is 12.8 Å². The van der Waals surface area contributed by atoms with Crippen molar-refractivity contribution in [3.8, 4) is 11.5 Å². The molecule has 1 aliphatic heterocycles. The Morgan fingerprint density at radius 2 is 2.10 bits per heavy atom. The molecule has 0 aliphatic carbocycles. The first-order valence-corrected chi connectivity index (χ1v) is 7.12. The van der Waals surface area contributed by atoms with Gasteiger partial charge < -0.3 is 14.6 Å². The van der Waals surface area contributed by atoms with Gasteiger partial charge in [-0.3, -0.25) is 4.79 Å². The van der Waals surface area contributed by atoms with Crippen LogP contribution in [0.3, 0.4) is 0 Å². The second-order valence-corrected chi connectivity index (χ2v) is 5.40. The predicted molar refractivity (Wildman–Crippen MR) is 73.7 cm³/mol. The summed E-state index contributed by atoms with van der Waals surface area (Å²) < 4.78 is 11.0. The van der Waals surface area contributed by atoms with Crippen molar-refractivity contribution >= 4 is 17.3 Å². The summed E-state index contributed by atoms with van der Waals surface area (Å²) in [7, 11) is 0. The number of aliphatic carboxylic acids is 1. The molecule has 0 bridgehead atoms. The van der Waals surface area contributed by atoms with Crippen LogP contribution >= 0.6 is 11.3 Å². The first-order valence-electron chi connectivity index (χ1n) is 6.24. The highest BCUT2D eigenvalue weighted by atomic mass is 32.1. The van der Waals surface area contributed by atoms with Crippen LogP contribution in [0.1, 0.15) is 16.3 Å². The van der Waals surface area contributed by atoms with Gasteiger partial charge in [0.25, 0.3) is 0 Å². The van der Waals surface area contributed by atoms with Crippen LogP contribution in [0.5, 0.6) is 11.5 Å². The van der Waals surface area contributed by atoms with Gasteiger partial charge in [-0.2, -0.15) is 0 Å². The van der Waals surface area contributed by atoms with Crippen molar-refractivity contribution in [3.05, 3.63) is 39.8 Å². The molecule has 1 aromatic carbocycles. The van der Waals surface area contributed by atoms with E-state index in [4.69, 9.17) is 14.6 Å². The van der Waals surface area contributed by atoms with Gasteiger partial charge in [0, 0.05) is 11.8 Å². The van der Waals surface area contributed by atoms with Gasteiger partial charge in [0.15, 0.2) is 11.5 Å². The van der Waals surface area contributed by atoms with E-state index < -0.39 is 5.97 Å². The Morgan fingerprint density at radius 1 is 1.30 bits per heavy atom. The van der Waals surface area contributed by atoms with Crippen LogP contribution in [0.25, 0.3) is 0 Å². The zero-order chi connectivity index (χ0) is 13.9. The van der Waals surface area contributed by atoms with Crippen LogP contribution in [0, 0.1) is 0 Å². The van der Waals surface area contributed by atoms with Crippen molar-refractivity contribution < 1.29 is 19.4 Å². The second kappa shape index (κ2) is 5.50. The van der Waals surface area contributed by atoms with Gasteiger partial charge in [-0.1, -0.05) is 6.07 Å². The highest BCUT2D eigenvalue weighted by Gasteiger charge is 2.13. The van der Waals surface area contributed by atoms with Crippen molar-refractivity contribution in [2.24, 2.45) is 0 Å². The lowest BCUT2D eigenvalue weighted by atomic mass is 10.1. The Kier molecular flexibility index (Phi) is 3.56. The highest BCUT2D eigenvalue weighted by molar-refractivity contribution is 7.09. The van der Waals surface area contributed by atoms with Crippen molar-refractivity contribution in [2.75, 3.05) is 13.2 Å². The number of carboxylic acids is 1. The number of ether oxygens (including phenoxy) is 2. The molecule has 2 heterocycles. The summed E-state index contributed by atoms with van der Waals surface area (Å²) in [5, 5.41) is 11.4. The quantitative estimate of drug-likeness (QED) is 0.934. The number of carboxylic acid groups (broad SMARTS) is 1. The van der Waals surface area contributed by atoms with Gasteiger partial charge in [0.1, 0.15) is 13.2 Å². The molecule has 0 saturated carbocycles. The highest BCUT2D eigenvalue weighted by Crippen LogP contribution is 2.31. The van der Waals surface area contributed by atoms with Crippen LogP contribution in [-0.4, -0.2) is 29.3 Å². The number of hydrogen-bond donors (Lipinski definition) is 1. The summed E-state index contributed by atoms with van der Waals surface area (Å²) in [6.45, 7) is 1.15. The van der Waals surface area contributed by atoms with E-state index in [1.54, 1.807) is 5.38 Å². The van der Waals surface area contributed by atoms with E-state index in [1.807, 2.05) is 18.2 Å². The average molecular weight is 291 g/mol. The van der Waals surface area contributed by atoms with Crippen LogP contribution in [0.15, 0.2) is 23.6 Å². The fourth-order valence-corrected chi connectivity index (χ4v) is 2.87. The van der Waals surface area contributed by atoms with E-state index in [0.717, 1.165) is 22.1 Å². The third-order valence-corrected chi connectivity index (χ3v) is 3.79. The first-order chi connectivity index (χ1) is 9.70. The lowest BCUT2D eigenvalue weighted by Crippen LogP contribution is -2.15. The summed E-state index contributed by atoms with van der Waals surface area (Å²) in [5.41, 5.74) is 1.68. The summed E-state index contributed by atoms with van der Waals surface area (Å²) in [6, 6.07) is 5.83. The molecular weight excluding hydrogens is 278 g/mol. The molecule has 104 valence electrons. The molecule has 0 radical (unpaired) electrons. The van der Waals surface area contributed by atoms with Gasteiger partial charge in [-0.05, 0) is 17.7 Å². The Balaban J connectivity index is 1.74. The fraction of sp³-hybridized carbons (Fsp3) is 0.286. The number of carbonyl (C=O) groups is 1. The minimum atomic E-state index is -0.860. The van der Waals surface area contributed by atoms with E-state index in [2.05, 4.69) is 4.98 Å². The zero-order valence-electron chi connectivity index (χ0n) is 10.7. The number of rotatable bonds is 4. The molecule has 1 aliphatic rings. The number of nitrogens with zero attached hydrogens (tertiary/aromatic N) is 1. The smallest absolute Gasteiger partial charge is 0.309 e. The van der Waals surface area contributed by atoms with Crippen molar-refractivity contribution in [1.29, 1.82) is 0 Å². The molecule has 0 unspecified atom stereocenters. The monoisotopic (exact) mass is 291 g/mol. The largest absolute Gasteiger partial charge is 0.486 e. The van der Waals surface area contributed by atoms with Gasteiger partial charge >= 0.3 is 5.97 Å². The molecule has 1 aromatic heterocycles. The summed E-state index contributed by atoms with van der Waals surface area (Å²) in [6.07, 6.45) is 0.637. The number of benzene rings is 1. The SMILES string of the molecule is O=C(O)Cc1csc(Cc2ccc3c(c2)OCCO3)n1. The molecular formula is C14H13NO4S. The van der Waals surface area contributed by atoms with E-state index in [9.17, 15) is 4.79 Å². The van der Waals surface area contributed by atoms with Crippen LogP contribution in [0.4, 0.5) is 0 Å². The first kappa shape index (κ1) is 12.9. The van der Waals surface area contributed by atoms with E-state index >= 15 is 0 Å². The van der Waals surface area contributed by atoms with Crippen molar-refractivity contribution in [1.82, 2.24) is 4.98 Å². The minimum absolute atomic E-state index is 0.0301. The Hall–Kier alpha value is -2.08. The fourth-order valence-electron chi connectivity index (χ4n) is 2.04. The third kappa shape index (κ3) is 2.91. The van der Waals surface area contributed by atoms with Crippen molar-refractivity contribution in [3.63, 3.8) is 0 Å². The molecule has 0 amide bonds. The lowest BCUT2D eigenvalue weighted by molar-refractivity contribution is -0.136. The van der Waals surface area contributed by atoms with Gasteiger partial charge in [-0.25, -0.2) is 4.98 Å². The maximum absolute atomic E-state index is 10.6. The number of aromatic nitrogens is 1. The molecule has 5 nitrogen and oxygen atoms in total. The predicted octanol–water partition coefficient (Wildman–Crippen LogP) is 2.13. The number of thiazole rings is 1. The Labute approximate surface area is 119 Å². The molecule has 0 atom stereocenters. The van der Waals surface area contributed by atoms with Gasteiger partial charge in [-0.15, -0.1) is 11.3 Å². The molecule has 0 fully saturated rings. The summed E-state index contributed by atoms with van der Waals surface area (Å²) >= 11 is 1.48. The summed E-state index contributed by atoms with van der Waals surface area (Å²) in [4.78, 5) is 15.0. The van der Waals surface area contributed by atoms with Crippen LogP contribution in [-0.2, 0) is 17.6 Å². The lowest BCUT2D eigenvalue weighted by Gasteiger charge is -2.18. The standard InChI is InChI=1S/C14H13NO4S/c16-14(17)7-10-8-20-13(15-10)6-9-1-2-11-12(5-9)19-4-3-18-11/h1-2,5,8H,3-4,6-7H2,(H,16,17). The number of fused-ring (bicyclic) bond motifs is 1. The second-order valence-electron chi connectivity index (χ2n) is 4.46. The van der Waals surface area contributed by atoms with Gasteiger partial charge in [0.05, 0.1) is 17.1 Å². The minimum Gasteiger partial charge on any atom is -0.486 e. The maximum Gasteiger partial charge on any atom is 0.309 e. The number of hydrogen-bond acceptors (Lipinski definition) is 5. The van der Waals surface area contributed by atoms with Gasteiger partial charge in [0.2, 0.25) is 0 Å². The van der Waals surface area contributed by atoms with E-state index in [-0.39, 0.29) is 6.42 Å². The average Bonchev–Trinajstić information content (AvgIpc) is 2.85. The Morgan fingerprint density at radius 3 is 2.90 bits per heavy atom. The molecule has 20 heavy (non-hydrogen) atoms. The molecule has 6 heteroatoms. The maximum atomic E-state index is 10.6. The molecule has 3 rings (SSSR count). The topological polar surface area (TPSA) is 68.7 Å². The molecule has 2 aromatic rings. The zero-order valence-corrected chi connectivity index (χ0v) is 11.5. The van der Waals surface area contributed by atoms with E-state index in [1.165, 1.54) is 11.3 Å². The van der Waals surface area contributed by atoms with E-state index in [0.29, 0.717) is 25.3 Å². The third-order valence-electron chi connectivity index (χ3n) is 2.89. The van der Waals surface area contributed by atoms with Crippen LogP contribution in [0.2, 0.25) is 0 Å². The van der Waals surface area contributed by atoms with Crippen LogP contribution < -0.4 is 9.47 Å². The normalized spacial score (nSPS) is 13.2.